The highest BCUT2D eigenvalue weighted by atomic mass is 35.5. The van der Waals surface area contributed by atoms with Crippen LogP contribution in [-0.4, -0.2) is 90.4 Å². The van der Waals surface area contributed by atoms with Crippen molar-refractivity contribution in [2.75, 3.05) is 57.8 Å². The molecule has 2 heterocycles. The molecule has 2 amide bonds. The van der Waals surface area contributed by atoms with Crippen LogP contribution in [0.3, 0.4) is 0 Å². The second-order valence-electron chi connectivity index (χ2n) is 6.43. The van der Waals surface area contributed by atoms with Crippen molar-refractivity contribution in [3.63, 3.8) is 0 Å². The number of likely N-dealkylation sites (tertiary alicyclic amines) is 1. The highest BCUT2D eigenvalue weighted by molar-refractivity contribution is 7.98. The van der Waals surface area contributed by atoms with Gasteiger partial charge >= 0.3 is 0 Å². The molecule has 2 aliphatic heterocycles. The third-order valence-electron chi connectivity index (χ3n) is 4.67. The lowest BCUT2D eigenvalue weighted by Gasteiger charge is -2.25. The van der Waals surface area contributed by atoms with Gasteiger partial charge in [0.05, 0.1) is 12.6 Å². The average molecular weight is 379 g/mol. The third-order valence-corrected chi connectivity index (χ3v) is 5.31. The van der Waals surface area contributed by atoms with Crippen LogP contribution in [-0.2, 0) is 9.59 Å². The van der Waals surface area contributed by atoms with E-state index in [1.165, 1.54) is 0 Å². The Labute approximate surface area is 155 Å². The van der Waals surface area contributed by atoms with E-state index in [0.29, 0.717) is 13.1 Å². The lowest BCUT2D eigenvalue weighted by Crippen LogP contribution is -2.46. The Balaban J connectivity index is 0.00000288. The molecule has 0 bridgehead atoms. The van der Waals surface area contributed by atoms with Gasteiger partial charge in [-0.05, 0) is 37.7 Å². The summed E-state index contributed by atoms with van der Waals surface area (Å²) in [6.07, 6.45) is 5.92. The molecular weight excluding hydrogens is 348 g/mol. The molecule has 2 rings (SSSR count). The maximum Gasteiger partial charge on any atom is 0.239 e. The van der Waals surface area contributed by atoms with Crippen molar-refractivity contribution in [3.05, 3.63) is 0 Å². The number of nitrogens with zero attached hydrogens (tertiary/aromatic N) is 3. The lowest BCUT2D eigenvalue weighted by molar-refractivity contribution is -0.132. The molecule has 2 N–H and O–H groups in total. The normalized spacial score (nSPS) is 20.4. The summed E-state index contributed by atoms with van der Waals surface area (Å²) in [5.41, 5.74) is 6.00. The number of amides is 2. The van der Waals surface area contributed by atoms with Crippen LogP contribution in [0.4, 0.5) is 0 Å². The number of carbonyl (C=O) groups is 2. The molecule has 8 heteroatoms. The van der Waals surface area contributed by atoms with E-state index in [1.807, 2.05) is 16.1 Å². The summed E-state index contributed by atoms with van der Waals surface area (Å²) in [5, 5.41) is 0. The molecule has 0 aromatic rings. The summed E-state index contributed by atoms with van der Waals surface area (Å²) in [7, 11) is 0. The van der Waals surface area contributed by atoms with Crippen LogP contribution in [0.2, 0.25) is 0 Å². The molecule has 0 saturated carbocycles. The Morgan fingerprint density at radius 1 is 1.00 bits per heavy atom. The summed E-state index contributed by atoms with van der Waals surface area (Å²) < 4.78 is 0. The zero-order valence-electron chi connectivity index (χ0n) is 14.6. The van der Waals surface area contributed by atoms with Crippen molar-refractivity contribution in [2.45, 2.75) is 31.7 Å². The van der Waals surface area contributed by atoms with E-state index in [4.69, 9.17) is 5.73 Å². The third kappa shape index (κ3) is 6.43. The van der Waals surface area contributed by atoms with Gasteiger partial charge < -0.3 is 15.5 Å². The maximum absolute atomic E-state index is 12.4. The number of halogens is 1. The van der Waals surface area contributed by atoms with E-state index >= 15 is 0 Å². The first-order chi connectivity index (χ1) is 11.1. The molecule has 2 fully saturated rings. The van der Waals surface area contributed by atoms with Crippen LogP contribution in [0.25, 0.3) is 0 Å². The van der Waals surface area contributed by atoms with Gasteiger partial charge in [0.1, 0.15) is 0 Å². The van der Waals surface area contributed by atoms with Gasteiger partial charge in [-0.15, -0.1) is 12.4 Å². The van der Waals surface area contributed by atoms with Gasteiger partial charge in [-0.3, -0.25) is 14.5 Å². The van der Waals surface area contributed by atoms with Gasteiger partial charge in [-0.2, -0.15) is 11.8 Å². The minimum atomic E-state index is -0.389. The monoisotopic (exact) mass is 378 g/mol. The molecule has 0 aromatic heterocycles. The van der Waals surface area contributed by atoms with Crippen LogP contribution in [0.1, 0.15) is 25.7 Å². The number of thioether (sulfide) groups is 1. The predicted molar refractivity (Wildman–Crippen MR) is 102 cm³/mol. The van der Waals surface area contributed by atoms with Crippen LogP contribution in [0.15, 0.2) is 0 Å². The fraction of sp³-hybridized carbons (Fsp3) is 0.875. The first-order valence-electron chi connectivity index (χ1n) is 8.65. The summed E-state index contributed by atoms with van der Waals surface area (Å²) >= 11 is 1.72. The highest BCUT2D eigenvalue weighted by Gasteiger charge is 2.25. The van der Waals surface area contributed by atoms with Gasteiger partial charge in [0.2, 0.25) is 11.8 Å². The van der Waals surface area contributed by atoms with Crippen LogP contribution < -0.4 is 5.73 Å². The topological polar surface area (TPSA) is 69.9 Å². The largest absolute Gasteiger partial charge is 0.342 e. The Hall–Kier alpha value is -0.500. The molecule has 1 atom stereocenters. The summed E-state index contributed by atoms with van der Waals surface area (Å²) in [6, 6.07) is -0.389. The first kappa shape index (κ1) is 21.5. The maximum atomic E-state index is 12.4. The summed E-state index contributed by atoms with van der Waals surface area (Å²) in [4.78, 5) is 30.7. The first-order valence-corrected chi connectivity index (χ1v) is 10.0. The predicted octanol–water partition coefficient (Wildman–Crippen LogP) is 0.645. The van der Waals surface area contributed by atoms with Crippen molar-refractivity contribution in [1.82, 2.24) is 14.7 Å². The molecule has 140 valence electrons. The van der Waals surface area contributed by atoms with Gasteiger partial charge in [-0.1, -0.05) is 0 Å². The molecule has 0 radical (unpaired) electrons. The standard InChI is InChI=1S/C16H30N4O2S.ClH/c1-23-12-5-14(17)16(22)20-9-4-6-18(10-11-20)13-15(21)19-7-2-3-8-19;/h14H,2-13,17H2,1H3;1H/t14-;/m0./s1. The molecule has 24 heavy (non-hydrogen) atoms. The summed E-state index contributed by atoms with van der Waals surface area (Å²) in [5.74, 6) is 1.21. The van der Waals surface area contributed by atoms with Gasteiger partial charge in [0.25, 0.3) is 0 Å². The zero-order valence-corrected chi connectivity index (χ0v) is 16.2. The minimum absolute atomic E-state index is 0. The summed E-state index contributed by atoms with van der Waals surface area (Å²) in [6.45, 7) is 5.37. The van der Waals surface area contributed by atoms with Crippen molar-refractivity contribution in [2.24, 2.45) is 5.73 Å². The number of nitrogens with two attached hydrogens (primary N) is 1. The van der Waals surface area contributed by atoms with Gasteiger partial charge in [0.15, 0.2) is 0 Å². The van der Waals surface area contributed by atoms with E-state index in [0.717, 1.165) is 64.2 Å². The van der Waals surface area contributed by atoms with Gasteiger partial charge in [0, 0.05) is 39.3 Å². The molecule has 0 aromatic carbocycles. The second kappa shape index (κ2) is 11.2. The minimum Gasteiger partial charge on any atom is -0.342 e. The quantitative estimate of drug-likeness (QED) is 0.734. The van der Waals surface area contributed by atoms with Crippen molar-refractivity contribution < 1.29 is 9.59 Å². The number of hydrogen-bond acceptors (Lipinski definition) is 5. The lowest BCUT2D eigenvalue weighted by atomic mass is 10.2. The van der Waals surface area contributed by atoms with Crippen LogP contribution in [0, 0.1) is 0 Å². The number of rotatable bonds is 6. The molecule has 2 saturated heterocycles. The second-order valence-corrected chi connectivity index (χ2v) is 7.42. The molecule has 2 aliphatic rings. The number of carbonyl (C=O) groups excluding carboxylic acids is 2. The Morgan fingerprint density at radius 2 is 1.67 bits per heavy atom. The fourth-order valence-electron chi connectivity index (χ4n) is 3.21. The molecule has 0 unspecified atom stereocenters. The number of hydrogen-bond donors (Lipinski definition) is 1. The Bertz CT molecular complexity index is 408. The average Bonchev–Trinajstić information content (AvgIpc) is 3.00. The van der Waals surface area contributed by atoms with Gasteiger partial charge in [-0.25, -0.2) is 0 Å². The zero-order chi connectivity index (χ0) is 16.7. The van der Waals surface area contributed by atoms with E-state index in [-0.39, 0.29) is 30.3 Å². The SMILES string of the molecule is CSCC[C@H](N)C(=O)N1CCCN(CC(=O)N2CCCC2)CC1.Cl. The molecular formula is C16H31ClN4O2S. The van der Waals surface area contributed by atoms with Crippen molar-refractivity contribution in [3.8, 4) is 0 Å². The van der Waals surface area contributed by atoms with E-state index < -0.39 is 0 Å². The molecule has 0 spiro atoms. The van der Waals surface area contributed by atoms with Crippen molar-refractivity contribution >= 4 is 36.0 Å². The Kier molecular flexibility index (Phi) is 10.0. The highest BCUT2D eigenvalue weighted by Crippen LogP contribution is 2.10. The van der Waals surface area contributed by atoms with Crippen LogP contribution >= 0.6 is 24.2 Å². The van der Waals surface area contributed by atoms with Crippen LogP contribution in [0.5, 0.6) is 0 Å². The Morgan fingerprint density at radius 3 is 2.33 bits per heavy atom. The fourth-order valence-corrected chi connectivity index (χ4v) is 3.70. The van der Waals surface area contributed by atoms with E-state index in [2.05, 4.69) is 4.90 Å². The molecule has 6 nitrogen and oxygen atoms in total. The molecule has 0 aliphatic carbocycles. The van der Waals surface area contributed by atoms with Crippen molar-refractivity contribution in [1.29, 1.82) is 0 Å². The van der Waals surface area contributed by atoms with E-state index in [9.17, 15) is 9.59 Å². The van der Waals surface area contributed by atoms with E-state index in [1.54, 1.807) is 11.8 Å². The smallest absolute Gasteiger partial charge is 0.239 e.